The number of halogens is 1. The fraction of sp³-hybridized carbons (Fsp3) is 0.200. The number of non-ortho nitro benzene ring substituents is 1. The predicted octanol–water partition coefficient (Wildman–Crippen LogP) is 2.93. The van der Waals surface area contributed by atoms with Gasteiger partial charge < -0.3 is 5.32 Å². The van der Waals surface area contributed by atoms with Gasteiger partial charge in [-0.15, -0.1) is 0 Å². The van der Waals surface area contributed by atoms with Crippen molar-refractivity contribution in [3.05, 3.63) is 28.3 Å². The normalized spacial score (nSPS) is 10.5. The first-order valence-electron chi connectivity index (χ1n) is 5.01. The summed E-state index contributed by atoms with van der Waals surface area (Å²) in [6, 6.07) is 4.42. The van der Waals surface area contributed by atoms with Gasteiger partial charge in [-0.2, -0.15) is 0 Å². The molecule has 1 aromatic carbocycles. The maximum Gasteiger partial charge on any atom is 0.270 e. The zero-order valence-corrected chi connectivity index (χ0v) is 11.5. The number of amides is 1. The highest BCUT2D eigenvalue weighted by atomic mass is 79.9. The molecule has 0 bridgehead atoms. The second-order valence-corrected chi connectivity index (χ2v) is 5.24. The Kier molecular flexibility index (Phi) is 3.87. The van der Waals surface area contributed by atoms with E-state index in [4.69, 9.17) is 0 Å². The number of carbonyl (C=O) groups is 1. The Bertz CT molecular complexity index is 613. The number of hydrogen-bond donors (Lipinski definition) is 1. The minimum atomic E-state index is -0.456. The van der Waals surface area contributed by atoms with Crippen molar-refractivity contribution in [2.75, 3.05) is 10.6 Å². The average molecular weight is 330 g/mol. The molecule has 1 aromatic heterocycles. The molecular weight excluding hydrogens is 322 g/mol. The number of hydrogen-bond acceptors (Lipinski definition) is 5. The summed E-state index contributed by atoms with van der Waals surface area (Å²) in [6.45, 7) is 0. The van der Waals surface area contributed by atoms with E-state index in [0.717, 1.165) is 0 Å². The van der Waals surface area contributed by atoms with Gasteiger partial charge in [0.25, 0.3) is 5.69 Å². The Labute approximate surface area is 114 Å². The number of nitrogens with one attached hydrogen (secondary N) is 1. The lowest BCUT2D eigenvalue weighted by Gasteiger charge is -1.96. The fourth-order valence-corrected chi connectivity index (χ4v) is 2.62. The van der Waals surface area contributed by atoms with Crippen LogP contribution in [0.25, 0.3) is 10.2 Å². The first-order valence-corrected chi connectivity index (χ1v) is 6.95. The molecule has 18 heavy (non-hydrogen) atoms. The molecule has 8 heteroatoms. The lowest BCUT2D eigenvalue weighted by Crippen LogP contribution is -2.11. The summed E-state index contributed by atoms with van der Waals surface area (Å²) in [5, 5.41) is 14.3. The minimum Gasteiger partial charge on any atom is -0.302 e. The third-order valence-corrected chi connectivity index (χ3v) is 3.48. The molecule has 0 aliphatic heterocycles. The highest BCUT2D eigenvalue weighted by molar-refractivity contribution is 9.09. The van der Waals surface area contributed by atoms with Crippen molar-refractivity contribution in [3.8, 4) is 0 Å². The number of alkyl halides is 1. The lowest BCUT2D eigenvalue weighted by molar-refractivity contribution is -0.384. The summed E-state index contributed by atoms with van der Waals surface area (Å²) in [6.07, 6.45) is 0.357. The summed E-state index contributed by atoms with van der Waals surface area (Å²) in [5.41, 5.74) is 0.657. The largest absolute Gasteiger partial charge is 0.302 e. The van der Waals surface area contributed by atoms with Gasteiger partial charge in [0.1, 0.15) is 0 Å². The lowest BCUT2D eigenvalue weighted by atomic mass is 10.3. The SMILES string of the molecule is O=C(CCBr)Nc1nc2ccc([N+](=O)[O-])cc2s1. The molecule has 2 aromatic rings. The van der Waals surface area contributed by atoms with E-state index in [2.05, 4.69) is 26.2 Å². The second kappa shape index (κ2) is 5.40. The van der Waals surface area contributed by atoms with Crippen molar-refractivity contribution in [2.45, 2.75) is 6.42 Å². The van der Waals surface area contributed by atoms with E-state index in [1.807, 2.05) is 0 Å². The summed E-state index contributed by atoms with van der Waals surface area (Å²) >= 11 is 4.39. The van der Waals surface area contributed by atoms with Crippen LogP contribution in [-0.2, 0) is 4.79 Å². The molecule has 0 atom stereocenters. The van der Waals surface area contributed by atoms with Crippen LogP contribution in [0, 0.1) is 10.1 Å². The Morgan fingerprint density at radius 1 is 1.56 bits per heavy atom. The van der Waals surface area contributed by atoms with Crippen molar-refractivity contribution in [1.29, 1.82) is 0 Å². The van der Waals surface area contributed by atoms with Crippen molar-refractivity contribution < 1.29 is 9.72 Å². The van der Waals surface area contributed by atoms with Crippen molar-refractivity contribution >= 4 is 54.2 Å². The molecule has 0 saturated heterocycles. The van der Waals surface area contributed by atoms with E-state index in [9.17, 15) is 14.9 Å². The van der Waals surface area contributed by atoms with Crippen LogP contribution < -0.4 is 5.32 Å². The summed E-state index contributed by atoms with van der Waals surface area (Å²) in [7, 11) is 0. The van der Waals surface area contributed by atoms with Crippen LogP contribution in [0.4, 0.5) is 10.8 Å². The Morgan fingerprint density at radius 3 is 3.00 bits per heavy atom. The first-order chi connectivity index (χ1) is 8.60. The van der Waals surface area contributed by atoms with E-state index in [0.29, 0.717) is 27.1 Å². The quantitative estimate of drug-likeness (QED) is 0.531. The van der Waals surface area contributed by atoms with Crippen molar-refractivity contribution in [1.82, 2.24) is 4.98 Å². The molecule has 0 aliphatic rings. The summed E-state index contributed by atoms with van der Waals surface area (Å²) in [5.74, 6) is -0.138. The van der Waals surface area contributed by atoms with Crippen LogP contribution >= 0.6 is 27.3 Å². The molecule has 2 rings (SSSR count). The van der Waals surface area contributed by atoms with Gasteiger partial charge in [0, 0.05) is 23.9 Å². The van der Waals surface area contributed by atoms with Gasteiger partial charge in [-0.05, 0) is 6.07 Å². The zero-order chi connectivity index (χ0) is 13.1. The van der Waals surface area contributed by atoms with Crippen LogP contribution in [0.1, 0.15) is 6.42 Å². The van der Waals surface area contributed by atoms with Gasteiger partial charge >= 0.3 is 0 Å². The van der Waals surface area contributed by atoms with Gasteiger partial charge in [-0.3, -0.25) is 14.9 Å². The first kappa shape index (κ1) is 12.9. The number of thiazole rings is 1. The van der Waals surface area contributed by atoms with Crippen LogP contribution in [0.2, 0.25) is 0 Å². The van der Waals surface area contributed by atoms with E-state index in [1.165, 1.54) is 23.5 Å². The third-order valence-electron chi connectivity index (χ3n) is 2.15. The summed E-state index contributed by atoms with van der Waals surface area (Å²) < 4.78 is 0.679. The molecule has 0 saturated carbocycles. The number of anilines is 1. The number of nitro benzene ring substituents is 1. The number of carbonyl (C=O) groups excluding carboxylic acids is 1. The average Bonchev–Trinajstić information content (AvgIpc) is 2.69. The number of fused-ring (bicyclic) bond motifs is 1. The number of nitro groups is 1. The molecular formula is C10H8BrN3O3S. The smallest absolute Gasteiger partial charge is 0.270 e. The number of rotatable bonds is 4. The van der Waals surface area contributed by atoms with E-state index in [-0.39, 0.29) is 11.6 Å². The Morgan fingerprint density at radius 2 is 2.33 bits per heavy atom. The van der Waals surface area contributed by atoms with Gasteiger partial charge in [-0.1, -0.05) is 27.3 Å². The van der Waals surface area contributed by atoms with E-state index >= 15 is 0 Å². The molecule has 1 N–H and O–H groups in total. The molecule has 0 spiro atoms. The van der Waals surface area contributed by atoms with Crippen LogP contribution in [0.5, 0.6) is 0 Å². The van der Waals surface area contributed by atoms with Gasteiger partial charge in [0.05, 0.1) is 15.1 Å². The van der Waals surface area contributed by atoms with Gasteiger partial charge in [0.15, 0.2) is 5.13 Å². The second-order valence-electron chi connectivity index (χ2n) is 3.42. The number of benzene rings is 1. The van der Waals surface area contributed by atoms with Crippen molar-refractivity contribution in [2.24, 2.45) is 0 Å². The monoisotopic (exact) mass is 329 g/mol. The molecule has 0 unspecified atom stereocenters. The highest BCUT2D eigenvalue weighted by Gasteiger charge is 2.11. The van der Waals surface area contributed by atoms with Crippen LogP contribution in [0.15, 0.2) is 18.2 Å². The standard InChI is InChI=1S/C10H8BrN3O3S/c11-4-3-9(15)13-10-12-7-2-1-6(14(16)17)5-8(7)18-10/h1-2,5H,3-4H2,(H,12,13,15). The van der Waals surface area contributed by atoms with E-state index in [1.54, 1.807) is 6.07 Å². The highest BCUT2D eigenvalue weighted by Crippen LogP contribution is 2.29. The number of aromatic nitrogens is 1. The third kappa shape index (κ3) is 2.82. The summed E-state index contributed by atoms with van der Waals surface area (Å²) in [4.78, 5) is 25.7. The molecule has 1 amide bonds. The Hall–Kier alpha value is -1.54. The molecule has 0 aliphatic carbocycles. The van der Waals surface area contributed by atoms with Gasteiger partial charge in [-0.25, -0.2) is 4.98 Å². The van der Waals surface area contributed by atoms with Crippen LogP contribution in [-0.4, -0.2) is 21.1 Å². The molecule has 94 valence electrons. The van der Waals surface area contributed by atoms with Crippen LogP contribution in [0.3, 0.4) is 0 Å². The fourth-order valence-electron chi connectivity index (χ4n) is 1.35. The number of nitrogens with zero attached hydrogens (tertiary/aromatic N) is 2. The molecule has 0 radical (unpaired) electrons. The van der Waals surface area contributed by atoms with Gasteiger partial charge in [0.2, 0.25) is 5.91 Å². The molecule has 1 heterocycles. The zero-order valence-electron chi connectivity index (χ0n) is 9.05. The molecule has 6 nitrogen and oxygen atoms in total. The molecule has 0 fully saturated rings. The predicted molar refractivity (Wildman–Crippen MR) is 73.3 cm³/mol. The maximum absolute atomic E-state index is 11.4. The maximum atomic E-state index is 11.4. The Balaban J connectivity index is 2.27. The van der Waals surface area contributed by atoms with E-state index < -0.39 is 4.92 Å². The van der Waals surface area contributed by atoms with Crippen molar-refractivity contribution in [3.63, 3.8) is 0 Å². The topological polar surface area (TPSA) is 85.1 Å². The minimum absolute atomic E-state index is 0.0180.